The summed E-state index contributed by atoms with van der Waals surface area (Å²) in [5, 5.41) is 25.8. The summed E-state index contributed by atoms with van der Waals surface area (Å²) in [6.45, 7) is 5.61. The fourth-order valence-corrected chi connectivity index (χ4v) is 5.75. The van der Waals surface area contributed by atoms with Crippen LogP contribution in [0.3, 0.4) is 0 Å². The average Bonchev–Trinajstić information content (AvgIpc) is 2.95. The van der Waals surface area contributed by atoms with Gasteiger partial charge in [-0.1, -0.05) is 42.8 Å². The lowest BCUT2D eigenvalue weighted by atomic mass is 9.90. The maximum absolute atomic E-state index is 12.7. The lowest BCUT2D eigenvalue weighted by Gasteiger charge is -2.42. The molecule has 0 spiro atoms. The molecule has 3 N–H and O–H groups in total. The molecule has 38 heavy (non-hydrogen) atoms. The molecule has 204 valence electrons. The number of fused-ring (bicyclic) bond motifs is 1. The van der Waals surface area contributed by atoms with E-state index >= 15 is 0 Å². The standard InChI is InChI=1S/C30H41N5O3/c36-28(12-9-24-7-3-1-4-8-24)34-18-13-30(38,14-19-34)22-35-23-32-27-21-25(10-11-26(27)29(35)37)31-15-20-33-16-5-2-6-17-33/h1,3-4,7-8,10-11,21,23,29,31,37-38H,2,5-6,9,12-20,22H2. The van der Waals surface area contributed by atoms with Crippen molar-refractivity contribution in [1.82, 2.24) is 14.7 Å². The Balaban J connectivity index is 1.09. The first kappa shape index (κ1) is 26.7. The number of carbonyl (C=O) groups excluding carboxylic acids is 1. The van der Waals surface area contributed by atoms with Gasteiger partial charge in [-0.05, 0) is 62.9 Å². The van der Waals surface area contributed by atoms with E-state index in [1.165, 1.54) is 32.4 Å². The largest absolute Gasteiger partial charge is 0.388 e. The van der Waals surface area contributed by atoms with Crippen LogP contribution in [0.4, 0.5) is 11.4 Å². The number of β-amino-alcohol motifs (C(OH)–C–C–N with tert-alkyl or cyclic N) is 1. The summed E-state index contributed by atoms with van der Waals surface area (Å²) < 4.78 is 0. The molecule has 3 heterocycles. The van der Waals surface area contributed by atoms with E-state index in [4.69, 9.17) is 0 Å². The van der Waals surface area contributed by atoms with Gasteiger partial charge >= 0.3 is 0 Å². The van der Waals surface area contributed by atoms with Gasteiger partial charge in [0.15, 0.2) is 6.23 Å². The van der Waals surface area contributed by atoms with Gasteiger partial charge in [-0.25, -0.2) is 4.99 Å². The highest BCUT2D eigenvalue weighted by atomic mass is 16.3. The number of nitrogens with one attached hydrogen (secondary N) is 1. The van der Waals surface area contributed by atoms with Crippen molar-refractivity contribution >= 4 is 23.6 Å². The Hall–Kier alpha value is -2.94. The Kier molecular flexibility index (Phi) is 8.61. The van der Waals surface area contributed by atoms with E-state index in [1.54, 1.807) is 11.2 Å². The van der Waals surface area contributed by atoms with Crippen molar-refractivity contribution in [3.8, 4) is 0 Å². The molecule has 2 aromatic rings. The van der Waals surface area contributed by atoms with Gasteiger partial charge in [0.25, 0.3) is 0 Å². The molecule has 2 aromatic carbocycles. The Morgan fingerprint density at radius 3 is 2.55 bits per heavy atom. The first-order valence-corrected chi connectivity index (χ1v) is 14.1. The van der Waals surface area contributed by atoms with Crippen molar-refractivity contribution < 1.29 is 15.0 Å². The molecular formula is C30H41N5O3. The zero-order valence-electron chi connectivity index (χ0n) is 22.3. The number of anilines is 1. The Morgan fingerprint density at radius 1 is 1.03 bits per heavy atom. The summed E-state index contributed by atoms with van der Waals surface area (Å²) in [5.41, 5.74) is 2.68. The second kappa shape index (κ2) is 12.3. The van der Waals surface area contributed by atoms with Gasteiger partial charge in [0, 0.05) is 43.9 Å². The number of hydrogen-bond donors (Lipinski definition) is 3. The number of aliphatic imine (C=N–C) groups is 1. The summed E-state index contributed by atoms with van der Waals surface area (Å²) in [6.07, 6.45) is 6.88. The van der Waals surface area contributed by atoms with Gasteiger partial charge in [0.2, 0.25) is 5.91 Å². The van der Waals surface area contributed by atoms with Gasteiger partial charge < -0.3 is 30.2 Å². The van der Waals surface area contributed by atoms with E-state index in [9.17, 15) is 15.0 Å². The minimum Gasteiger partial charge on any atom is -0.388 e. The van der Waals surface area contributed by atoms with Crippen LogP contribution in [0.1, 0.15) is 55.9 Å². The van der Waals surface area contributed by atoms with Crippen LogP contribution in [0.5, 0.6) is 0 Å². The van der Waals surface area contributed by atoms with Crippen molar-refractivity contribution in [2.24, 2.45) is 4.99 Å². The molecule has 1 atom stereocenters. The number of hydrogen-bond acceptors (Lipinski definition) is 7. The number of likely N-dealkylation sites (tertiary alicyclic amines) is 2. The number of aliphatic hydroxyl groups excluding tert-OH is 1. The van der Waals surface area contributed by atoms with Crippen molar-refractivity contribution in [2.75, 3.05) is 51.1 Å². The predicted octanol–water partition coefficient (Wildman–Crippen LogP) is 3.54. The van der Waals surface area contributed by atoms with Crippen LogP contribution in [0, 0.1) is 0 Å². The van der Waals surface area contributed by atoms with Crippen molar-refractivity contribution in [1.29, 1.82) is 0 Å². The van der Waals surface area contributed by atoms with Crippen LogP contribution in [0.25, 0.3) is 0 Å². The third-order valence-corrected chi connectivity index (χ3v) is 8.17. The number of aliphatic hydroxyl groups is 2. The molecule has 5 rings (SSSR count). The van der Waals surface area contributed by atoms with Crippen LogP contribution in [-0.4, -0.2) is 88.6 Å². The maximum Gasteiger partial charge on any atom is 0.222 e. The Labute approximate surface area is 226 Å². The van der Waals surface area contributed by atoms with Crippen molar-refractivity contribution in [3.05, 3.63) is 59.7 Å². The van der Waals surface area contributed by atoms with Crippen LogP contribution < -0.4 is 5.32 Å². The topological polar surface area (TPSA) is 91.6 Å². The van der Waals surface area contributed by atoms with Gasteiger partial charge in [0.05, 0.1) is 24.2 Å². The zero-order chi connectivity index (χ0) is 26.4. The van der Waals surface area contributed by atoms with E-state index in [1.807, 2.05) is 53.4 Å². The van der Waals surface area contributed by atoms with Crippen LogP contribution in [-0.2, 0) is 11.2 Å². The number of nitrogens with zero attached hydrogens (tertiary/aromatic N) is 4. The minimum atomic E-state index is -0.976. The van der Waals surface area contributed by atoms with Crippen LogP contribution in [0.15, 0.2) is 53.5 Å². The number of benzene rings is 2. The summed E-state index contributed by atoms with van der Waals surface area (Å²) in [5.74, 6) is 0.129. The highest BCUT2D eigenvalue weighted by Gasteiger charge is 2.37. The first-order chi connectivity index (χ1) is 18.5. The molecule has 8 nitrogen and oxygen atoms in total. The van der Waals surface area contributed by atoms with Gasteiger partial charge in [0.1, 0.15) is 0 Å². The summed E-state index contributed by atoms with van der Waals surface area (Å²) in [4.78, 5) is 23.4. The molecule has 1 unspecified atom stereocenters. The SMILES string of the molecule is O=C(CCc1ccccc1)N1CCC(O)(CN2C=Nc3cc(NCCN4CCCCC4)ccc3C2O)CC1. The fourth-order valence-electron chi connectivity index (χ4n) is 5.75. The Morgan fingerprint density at radius 2 is 1.79 bits per heavy atom. The first-order valence-electron chi connectivity index (χ1n) is 14.1. The molecule has 8 heteroatoms. The zero-order valence-corrected chi connectivity index (χ0v) is 22.3. The molecule has 0 radical (unpaired) electrons. The molecule has 2 saturated heterocycles. The van der Waals surface area contributed by atoms with Crippen molar-refractivity contribution in [2.45, 2.75) is 56.8 Å². The van der Waals surface area contributed by atoms with E-state index in [-0.39, 0.29) is 12.5 Å². The maximum atomic E-state index is 12.7. The molecule has 0 aromatic heterocycles. The molecule has 2 fully saturated rings. The second-order valence-electron chi connectivity index (χ2n) is 11.0. The summed E-state index contributed by atoms with van der Waals surface area (Å²) in [7, 11) is 0. The molecule has 0 bridgehead atoms. The van der Waals surface area contributed by atoms with Gasteiger partial charge in [-0.2, -0.15) is 0 Å². The monoisotopic (exact) mass is 519 g/mol. The molecular weight excluding hydrogens is 478 g/mol. The van der Waals surface area contributed by atoms with E-state index in [0.717, 1.165) is 42.0 Å². The highest BCUT2D eigenvalue weighted by molar-refractivity contribution is 5.76. The average molecular weight is 520 g/mol. The molecule has 0 saturated carbocycles. The smallest absolute Gasteiger partial charge is 0.222 e. The quantitative estimate of drug-likeness (QED) is 0.470. The van der Waals surface area contributed by atoms with Crippen LogP contribution >= 0.6 is 0 Å². The lowest BCUT2D eigenvalue weighted by molar-refractivity contribution is -0.136. The number of carbonyl (C=O) groups is 1. The lowest BCUT2D eigenvalue weighted by Crippen LogP contribution is -2.52. The summed E-state index contributed by atoms with van der Waals surface area (Å²) in [6, 6.07) is 15.9. The highest BCUT2D eigenvalue weighted by Crippen LogP contribution is 2.35. The Bertz CT molecular complexity index is 1090. The number of aryl methyl sites for hydroxylation is 1. The second-order valence-corrected chi connectivity index (χ2v) is 11.0. The number of rotatable bonds is 9. The minimum absolute atomic E-state index is 0.129. The normalized spacial score (nSPS) is 21.3. The van der Waals surface area contributed by atoms with E-state index < -0.39 is 11.8 Å². The number of amides is 1. The third kappa shape index (κ3) is 6.73. The van der Waals surface area contributed by atoms with Gasteiger partial charge in [-0.15, -0.1) is 0 Å². The molecule has 0 aliphatic carbocycles. The molecule has 3 aliphatic rings. The van der Waals surface area contributed by atoms with E-state index in [0.29, 0.717) is 32.4 Å². The summed E-state index contributed by atoms with van der Waals surface area (Å²) >= 11 is 0. The van der Waals surface area contributed by atoms with E-state index in [2.05, 4.69) is 15.2 Å². The predicted molar refractivity (Wildman–Crippen MR) is 151 cm³/mol. The fraction of sp³-hybridized carbons (Fsp3) is 0.533. The third-order valence-electron chi connectivity index (χ3n) is 8.17. The van der Waals surface area contributed by atoms with Crippen LogP contribution in [0.2, 0.25) is 0 Å². The number of piperidine rings is 2. The van der Waals surface area contributed by atoms with Gasteiger partial charge in [-0.3, -0.25) is 4.79 Å². The molecule has 3 aliphatic heterocycles. The molecule has 1 amide bonds. The van der Waals surface area contributed by atoms with Crippen molar-refractivity contribution in [3.63, 3.8) is 0 Å².